The van der Waals surface area contributed by atoms with Crippen LogP contribution in [0.3, 0.4) is 0 Å². The fourth-order valence-electron chi connectivity index (χ4n) is 3.07. The van der Waals surface area contributed by atoms with Crippen LogP contribution in [0.5, 0.6) is 0 Å². The lowest BCUT2D eigenvalue weighted by Gasteiger charge is -2.23. The molecule has 2 unspecified atom stereocenters. The highest BCUT2D eigenvalue weighted by Gasteiger charge is 2.34. The number of imidazole rings is 1. The van der Waals surface area contributed by atoms with Gasteiger partial charge in [0.1, 0.15) is 5.65 Å². The van der Waals surface area contributed by atoms with E-state index in [1.165, 1.54) is 12.1 Å². The van der Waals surface area contributed by atoms with Crippen LogP contribution in [0, 0.1) is 5.92 Å². The molecule has 1 N–H and O–H groups in total. The zero-order valence-electron chi connectivity index (χ0n) is 11.0. The van der Waals surface area contributed by atoms with Gasteiger partial charge in [0, 0.05) is 12.4 Å². The van der Waals surface area contributed by atoms with Gasteiger partial charge in [-0.3, -0.25) is 4.90 Å². The van der Waals surface area contributed by atoms with E-state index in [-0.39, 0.29) is 0 Å². The minimum absolute atomic E-state index is 0.442. The molecule has 1 saturated heterocycles. The van der Waals surface area contributed by atoms with Crippen molar-refractivity contribution >= 4 is 5.65 Å². The Bertz CT molecular complexity index is 498. The highest BCUT2D eigenvalue weighted by atomic mass is 15.2. The van der Waals surface area contributed by atoms with Crippen molar-refractivity contribution in [1.29, 1.82) is 0 Å². The van der Waals surface area contributed by atoms with Crippen LogP contribution in [0.2, 0.25) is 0 Å². The van der Waals surface area contributed by atoms with Crippen LogP contribution in [-0.4, -0.2) is 41.5 Å². The summed E-state index contributed by atoms with van der Waals surface area (Å²) in [6.07, 6.45) is 5.48. The highest BCUT2D eigenvalue weighted by molar-refractivity contribution is 5.40. The Morgan fingerprint density at radius 2 is 2.33 bits per heavy atom. The summed E-state index contributed by atoms with van der Waals surface area (Å²) < 4.78 is 2.11. The van der Waals surface area contributed by atoms with Crippen molar-refractivity contribution in [2.24, 2.45) is 5.92 Å². The van der Waals surface area contributed by atoms with Crippen molar-refractivity contribution in [2.45, 2.75) is 12.5 Å². The van der Waals surface area contributed by atoms with Gasteiger partial charge in [-0.25, -0.2) is 4.98 Å². The second-order valence-corrected chi connectivity index (χ2v) is 5.16. The number of fused-ring (bicyclic) bond motifs is 1. The molecule has 0 saturated carbocycles. The third kappa shape index (κ3) is 1.91. The quantitative estimate of drug-likeness (QED) is 0.889. The van der Waals surface area contributed by atoms with E-state index in [1.807, 2.05) is 19.2 Å². The zero-order valence-corrected chi connectivity index (χ0v) is 11.0. The molecule has 2 aromatic rings. The Balaban J connectivity index is 1.96. The van der Waals surface area contributed by atoms with Crippen molar-refractivity contribution in [2.75, 3.05) is 27.2 Å². The molecule has 4 nitrogen and oxygen atoms in total. The molecule has 0 bridgehead atoms. The first kappa shape index (κ1) is 11.7. The van der Waals surface area contributed by atoms with Gasteiger partial charge < -0.3 is 9.72 Å². The van der Waals surface area contributed by atoms with Gasteiger partial charge in [0.05, 0.1) is 11.7 Å². The standard InChI is InChI=1S/C14H20N4/c1-15-9-11-6-8-17(2)14(11)12-10-18-7-4-3-5-13(18)16-12/h3-5,7,10-11,14-15H,6,8-9H2,1-2H3. The Morgan fingerprint density at radius 1 is 1.44 bits per heavy atom. The molecule has 3 heterocycles. The third-order valence-electron chi connectivity index (χ3n) is 3.93. The maximum Gasteiger partial charge on any atom is 0.137 e. The van der Waals surface area contributed by atoms with E-state index in [0.29, 0.717) is 12.0 Å². The second kappa shape index (κ2) is 4.71. The smallest absolute Gasteiger partial charge is 0.137 e. The topological polar surface area (TPSA) is 32.6 Å². The highest BCUT2D eigenvalue weighted by Crippen LogP contribution is 2.35. The molecule has 1 fully saturated rings. The van der Waals surface area contributed by atoms with Crippen molar-refractivity contribution in [1.82, 2.24) is 19.6 Å². The molecule has 1 aliphatic rings. The molecule has 4 heteroatoms. The van der Waals surface area contributed by atoms with Crippen molar-refractivity contribution < 1.29 is 0 Å². The van der Waals surface area contributed by atoms with E-state index in [2.05, 4.69) is 40.1 Å². The lowest BCUT2D eigenvalue weighted by Crippen LogP contribution is -2.27. The predicted molar refractivity (Wildman–Crippen MR) is 72.6 cm³/mol. The van der Waals surface area contributed by atoms with Crippen LogP contribution < -0.4 is 5.32 Å². The number of aromatic nitrogens is 2. The Labute approximate surface area is 108 Å². The van der Waals surface area contributed by atoms with E-state index in [0.717, 1.165) is 18.7 Å². The first-order valence-corrected chi connectivity index (χ1v) is 6.58. The first-order valence-electron chi connectivity index (χ1n) is 6.58. The molecule has 0 radical (unpaired) electrons. The Kier molecular flexibility index (Phi) is 3.06. The van der Waals surface area contributed by atoms with E-state index in [4.69, 9.17) is 4.98 Å². The number of rotatable bonds is 3. The molecule has 2 atom stereocenters. The number of nitrogens with one attached hydrogen (secondary N) is 1. The summed E-state index contributed by atoms with van der Waals surface area (Å²) in [6, 6.07) is 6.58. The summed E-state index contributed by atoms with van der Waals surface area (Å²) in [6.45, 7) is 2.22. The van der Waals surface area contributed by atoms with Crippen LogP contribution >= 0.6 is 0 Å². The summed E-state index contributed by atoms with van der Waals surface area (Å²) in [5.41, 5.74) is 2.23. The molecular weight excluding hydrogens is 224 g/mol. The lowest BCUT2D eigenvalue weighted by molar-refractivity contribution is 0.269. The largest absolute Gasteiger partial charge is 0.319 e. The first-order chi connectivity index (χ1) is 8.79. The molecule has 0 aromatic carbocycles. The summed E-state index contributed by atoms with van der Waals surface area (Å²) in [5, 5.41) is 3.30. The average molecular weight is 244 g/mol. The van der Waals surface area contributed by atoms with Crippen LogP contribution in [0.25, 0.3) is 5.65 Å². The average Bonchev–Trinajstić information content (AvgIpc) is 2.93. The second-order valence-electron chi connectivity index (χ2n) is 5.16. The van der Waals surface area contributed by atoms with Crippen LogP contribution in [0.4, 0.5) is 0 Å². The van der Waals surface area contributed by atoms with Crippen LogP contribution in [0.15, 0.2) is 30.6 Å². The number of hydrogen-bond acceptors (Lipinski definition) is 3. The van der Waals surface area contributed by atoms with Crippen LogP contribution in [-0.2, 0) is 0 Å². The minimum atomic E-state index is 0.442. The van der Waals surface area contributed by atoms with Crippen molar-refractivity contribution in [3.8, 4) is 0 Å². The molecule has 3 rings (SSSR count). The zero-order chi connectivity index (χ0) is 12.5. The Morgan fingerprint density at radius 3 is 3.11 bits per heavy atom. The van der Waals surface area contributed by atoms with Gasteiger partial charge in [0.15, 0.2) is 0 Å². The summed E-state index contributed by atoms with van der Waals surface area (Å²) in [5.74, 6) is 0.657. The summed E-state index contributed by atoms with van der Waals surface area (Å²) in [4.78, 5) is 7.19. The number of likely N-dealkylation sites (tertiary alicyclic amines) is 1. The molecule has 0 aliphatic carbocycles. The van der Waals surface area contributed by atoms with Gasteiger partial charge in [-0.05, 0) is 51.7 Å². The molecule has 18 heavy (non-hydrogen) atoms. The molecule has 96 valence electrons. The third-order valence-corrected chi connectivity index (χ3v) is 3.93. The molecule has 0 amide bonds. The van der Waals surface area contributed by atoms with Gasteiger partial charge in [-0.2, -0.15) is 0 Å². The van der Waals surface area contributed by atoms with E-state index in [9.17, 15) is 0 Å². The monoisotopic (exact) mass is 244 g/mol. The normalized spacial score (nSPS) is 25.0. The van der Waals surface area contributed by atoms with Gasteiger partial charge in [0.2, 0.25) is 0 Å². The summed E-state index contributed by atoms with van der Waals surface area (Å²) in [7, 11) is 4.23. The molecule has 0 spiro atoms. The van der Waals surface area contributed by atoms with E-state index < -0.39 is 0 Å². The van der Waals surface area contributed by atoms with E-state index >= 15 is 0 Å². The van der Waals surface area contributed by atoms with Gasteiger partial charge in [0.25, 0.3) is 0 Å². The fraction of sp³-hybridized carbons (Fsp3) is 0.500. The molecule has 1 aliphatic heterocycles. The van der Waals surface area contributed by atoms with Crippen LogP contribution in [0.1, 0.15) is 18.2 Å². The SMILES string of the molecule is CNCC1CCN(C)C1c1cn2ccccc2n1. The molecule has 2 aromatic heterocycles. The van der Waals surface area contributed by atoms with Gasteiger partial charge in [-0.1, -0.05) is 6.07 Å². The number of hydrogen-bond donors (Lipinski definition) is 1. The number of nitrogens with zero attached hydrogens (tertiary/aromatic N) is 3. The number of pyridine rings is 1. The fourth-order valence-corrected chi connectivity index (χ4v) is 3.07. The maximum atomic E-state index is 4.77. The van der Waals surface area contributed by atoms with E-state index in [1.54, 1.807) is 0 Å². The van der Waals surface area contributed by atoms with Gasteiger partial charge in [-0.15, -0.1) is 0 Å². The predicted octanol–water partition coefficient (Wildman–Crippen LogP) is 1.55. The maximum absolute atomic E-state index is 4.77. The molecular formula is C14H20N4. The van der Waals surface area contributed by atoms with Crippen molar-refractivity contribution in [3.63, 3.8) is 0 Å². The lowest BCUT2D eigenvalue weighted by atomic mass is 9.98. The van der Waals surface area contributed by atoms with Gasteiger partial charge >= 0.3 is 0 Å². The minimum Gasteiger partial charge on any atom is -0.319 e. The summed E-state index contributed by atoms with van der Waals surface area (Å²) >= 11 is 0. The van der Waals surface area contributed by atoms with Crippen molar-refractivity contribution in [3.05, 3.63) is 36.3 Å². The Hall–Kier alpha value is -1.39.